The lowest BCUT2D eigenvalue weighted by molar-refractivity contribution is -0.384. The van der Waals surface area contributed by atoms with Crippen molar-refractivity contribution in [1.82, 2.24) is 10.3 Å². The predicted molar refractivity (Wildman–Crippen MR) is 127 cm³/mol. The van der Waals surface area contributed by atoms with Crippen LogP contribution in [0.1, 0.15) is 21.5 Å². The van der Waals surface area contributed by atoms with Gasteiger partial charge < -0.3 is 15.0 Å². The molecule has 1 amide bonds. The monoisotopic (exact) mass is 495 g/mol. The number of rotatable bonds is 7. The number of methoxy groups -OCH3 is 1. The summed E-state index contributed by atoms with van der Waals surface area (Å²) in [5.41, 5.74) is 0.975. The number of nitrogens with zero attached hydrogens (tertiary/aromatic N) is 1. The van der Waals surface area contributed by atoms with Crippen molar-refractivity contribution in [3.05, 3.63) is 106 Å². The Hall–Kier alpha value is -4.60. The van der Waals surface area contributed by atoms with Gasteiger partial charge in [0.05, 0.1) is 34.4 Å². The highest BCUT2D eigenvalue weighted by atomic mass is 19.4. The molecule has 0 radical (unpaired) electrons. The molecular formula is C26H20F3N3O4. The van der Waals surface area contributed by atoms with Gasteiger partial charge in [-0.05, 0) is 47.5 Å². The fourth-order valence-electron chi connectivity index (χ4n) is 3.71. The third-order valence-electron chi connectivity index (χ3n) is 5.57. The summed E-state index contributed by atoms with van der Waals surface area (Å²) in [6.45, 7) is 0.180. The number of benzene rings is 3. The van der Waals surface area contributed by atoms with Crippen molar-refractivity contribution in [1.29, 1.82) is 0 Å². The third-order valence-corrected chi connectivity index (χ3v) is 5.57. The first-order valence-corrected chi connectivity index (χ1v) is 10.7. The molecule has 0 saturated heterocycles. The topological polar surface area (TPSA) is 97.3 Å². The number of para-hydroxylation sites is 1. The lowest BCUT2D eigenvalue weighted by Crippen LogP contribution is -2.23. The number of alkyl halides is 3. The lowest BCUT2D eigenvalue weighted by Gasteiger charge is -2.08. The van der Waals surface area contributed by atoms with E-state index in [1.807, 2.05) is 0 Å². The normalized spacial score (nSPS) is 11.2. The first-order chi connectivity index (χ1) is 17.2. The number of aromatic amines is 1. The molecule has 0 aliphatic heterocycles. The summed E-state index contributed by atoms with van der Waals surface area (Å²) in [7, 11) is 1.54. The molecule has 184 valence electrons. The van der Waals surface area contributed by atoms with Crippen LogP contribution in [0.15, 0.2) is 78.9 Å². The molecule has 2 N–H and O–H groups in total. The molecule has 0 aliphatic rings. The van der Waals surface area contributed by atoms with E-state index in [-0.39, 0.29) is 29.1 Å². The SMILES string of the molecule is COc1ccc(CNC(=O)c2cc(-c3ccc(C(F)(F)F)cc3)[nH]c2-c2ccccc2[N+](=O)[O-])cc1. The first-order valence-electron chi connectivity index (χ1n) is 10.7. The number of carbonyl (C=O) groups is 1. The Morgan fingerprint density at radius 2 is 1.69 bits per heavy atom. The molecule has 7 nitrogen and oxygen atoms in total. The Morgan fingerprint density at radius 1 is 1.03 bits per heavy atom. The van der Waals surface area contributed by atoms with E-state index in [0.717, 1.165) is 17.7 Å². The number of carbonyl (C=O) groups excluding carboxylic acids is 1. The summed E-state index contributed by atoms with van der Waals surface area (Å²) in [6.07, 6.45) is -4.49. The van der Waals surface area contributed by atoms with Gasteiger partial charge in [-0.25, -0.2) is 0 Å². The summed E-state index contributed by atoms with van der Waals surface area (Å²) < 4.78 is 44.0. The summed E-state index contributed by atoms with van der Waals surface area (Å²) in [6, 6.07) is 18.9. The van der Waals surface area contributed by atoms with Crippen LogP contribution in [-0.4, -0.2) is 22.9 Å². The second-order valence-corrected chi connectivity index (χ2v) is 7.85. The maximum Gasteiger partial charge on any atom is 0.416 e. The van der Waals surface area contributed by atoms with Gasteiger partial charge in [-0.2, -0.15) is 13.2 Å². The van der Waals surface area contributed by atoms with Crippen molar-refractivity contribution in [2.45, 2.75) is 12.7 Å². The van der Waals surface area contributed by atoms with Crippen molar-refractivity contribution in [3.63, 3.8) is 0 Å². The number of H-pyrrole nitrogens is 1. The highest BCUT2D eigenvalue weighted by molar-refractivity contribution is 6.02. The van der Waals surface area contributed by atoms with Gasteiger partial charge in [0, 0.05) is 18.3 Å². The van der Waals surface area contributed by atoms with Crippen molar-refractivity contribution in [2.75, 3.05) is 7.11 Å². The van der Waals surface area contributed by atoms with E-state index in [0.29, 0.717) is 17.0 Å². The Morgan fingerprint density at radius 3 is 2.31 bits per heavy atom. The van der Waals surface area contributed by atoms with Crippen molar-refractivity contribution >= 4 is 11.6 Å². The average molecular weight is 495 g/mol. The minimum atomic E-state index is -4.49. The summed E-state index contributed by atoms with van der Waals surface area (Å²) >= 11 is 0. The lowest BCUT2D eigenvalue weighted by atomic mass is 10.0. The molecule has 36 heavy (non-hydrogen) atoms. The van der Waals surface area contributed by atoms with E-state index in [1.165, 1.54) is 36.4 Å². The second kappa shape index (κ2) is 9.95. The zero-order chi connectivity index (χ0) is 25.9. The van der Waals surface area contributed by atoms with Gasteiger partial charge in [-0.15, -0.1) is 0 Å². The zero-order valence-electron chi connectivity index (χ0n) is 18.9. The molecule has 0 unspecified atom stereocenters. The van der Waals surface area contributed by atoms with Crippen LogP contribution in [0.3, 0.4) is 0 Å². The Bertz CT molecular complexity index is 1400. The molecule has 1 aromatic heterocycles. The summed E-state index contributed by atoms with van der Waals surface area (Å²) in [4.78, 5) is 27.2. The number of halogens is 3. The fraction of sp³-hybridized carbons (Fsp3) is 0.115. The van der Waals surface area contributed by atoms with E-state index in [9.17, 15) is 28.1 Å². The molecule has 0 saturated carbocycles. The molecule has 0 fully saturated rings. The Kier molecular flexibility index (Phi) is 6.77. The number of nitro groups is 1. The van der Waals surface area contributed by atoms with E-state index >= 15 is 0 Å². The minimum absolute atomic E-state index is 0.118. The molecule has 0 bridgehead atoms. The highest BCUT2D eigenvalue weighted by Gasteiger charge is 2.30. The predicted octanol–water partition coefficient (Wildman–Crippen LogP) is 6.21. The Labute approximate surface area is 203 Å². The maximum absolute atomic E-state index is 13.2. The number of ether oxygens (including phenoxy) is 1. The number of hydrogen-bond donors (Lipinski definition) is 2. The molecule has 4 rings (SSSR count). The summed E-state index contributed by atoms with van der Waals surface area (Å²) in [5, 5.41) is 14.4. The van der Waals surface area contributed by atoms with E-state index in [4.69, 9.17) is 4.74 Å². The van der Waals surface area contributed by atoms with Crippen molar-refractivity contribution in [3.8, 4) is 28.3 Å². The molecule has 1 heterocycles. The van der Waals surface area contributed by atoms with Gasteiger partial charge in [0.25, 0.3) is 11.6 Å². The van der Waals surface area contributed by atoms with Crippen LogP contribution < -0.4 is 10.1 Å². The fourth-order valence-corrected chi connectivity index (χ4v) is 3.71. The largest absolute Gasteiger partial charge is 0.497 e. The Balaban J connectivity index is 1.71. The van der Waals surface area contributed by atoms with Gasteiger partial charge in [-0.1, -0.05) is 36.4 Å². The van der Waals surface area contributed by atoms with Crippen LogP contribution in [0.4, 0.5) is 18.9 Å². The third kappa shape index (κ3) is 5.22. The smallest absolute Gasteiger partial charge is 0.416 e. The molecule has 0 spiro atoms. The number of aromatic nitrogens is 1. The maximum atomic E-state index is 13.2. The van der Waals surface area contributed by atoms with Crippen molar-refractivity contribution in [2.24, 2.45) is 0 Å². The number of amides is 1. The van der Waals surface area contributed by atoms with Crippen molar-refractivity contribution < 1.29 is 27.6 Å². The van der Waals surface area contributed by atoms with E-state index < -0.39 is 22.6 Å². The second-order valence-electron chi connectivity index (χ2n) is 7.85. The number of nitrogens with one attached hydrogen (secondary N) is 2. The van der Waals surface area contributed by atoms with Gasteiger partial charge in [0.15, 0.2) is 0 Å². The number of nitro benzene ring substituents is 1. The standard InChI is InChI=1S/C26H20F3N3O4/c1-36-19-12-6-16(7-13-19)15-30-25(33)21-14-22(17-8-10-18(11-9-17)26(27,28)29)31-24(21)20-4-2-3-5-23(20)32(34)35/h2-14,31H,15H2,1H3,(H,30,33). The van der Waals surface area contributed by atoms with Gasteiger partial charge in [0.2, 0.25) is 0 Å². The van der Waals surface area contributed by atoms with Crippen LogP contribution in [0.2, 0.25) is 0 Å². The van der Waals surface area contributed by atoms with Crippen LogP contribution in [0.25, 0.3) is 22.5 Å². The van der Waals surface area contributed by atoms with Crippen LogP contribution in [0.5, 0.6) is 5.75 Å². The summed E-state index contributed by atoms with van der Waals surface area (Å²) in [5.74, 6) is 0.156. The molecule has 0 aliphatic carbocycles. The molecule has 10 heteroatoms. The van der Waals surface area contributed by atoms with E-state index in [1.54, 1.807) is 37.4 Å². The molecule has 0 atom stereocenters. The van der Waals surface area contributed by atoms with Crippen LogP contribution >= 0.6 is 0 Å². The molecule has 4 aromatic rings. The van der Waals surface area contributed by atoms with Gasteiger partial charge in [-0.3, -0.25) is 14.9 Å². The van der Waals surface area contributed by atoms with Crippen LogP contribution in [0, 0.1) is 10.1 Å². The average Bonchev–Trinajstić information content (AvgIpc) is 3.32. The zero-order valence-corrected chi connectivity index (χ0v) is 18.9. The highest BCUT2D eigenvalue weighted by Crippen LogP contribution is 2.36. The molecular weight excluding hydrogens is 475 g/mol. The molecule has 3 aromatic carbocycles. The number of hydrogen-bond acceptors (Lipinski definition) is 4. The van der Waals surface area contributed by atoms with Gasteiger partial charge in [0.1, 0.15) is 5.75 Å². The van der Waals surface area contributed by atoms with Gasteiger partial charge >= 0.3 is 6.18 Å². The van der Waals surface area contributed by atoms with Crippen LogP contribution in [-0.2, 0) is 12.7 Å². The quantitative estimate of drug-likeness (QED) is 0.235. The first kappa shape index (κ1) is 24.5. The van der Waals surface area contributed by atoms with E-state index in [2.05, 4.69) is 10.3 Å². The minimum Gasteiger partial charge on any atom is -0.497 e.